The SMILES string of the molecule is CN(C)c1cc(C(=O)NCC2(c3cccc(F)c3)CCOCC2)ccn1. The van der Waals surface area contributed by atoms with Crippen molar-refractivity contribution in [2.45, 2.75) is 18.3 Å². The molecular formula is C20H24FN3O2. The first kappa shape index (κ1) is 18.3. The zero-order valence-corrected chi connectivity index (χ0v) is 15.2. The van der Waals surface area contributed by atoms with E-state index >= 15 is 0 Å². The minimum absolute atomic E-state index is 0.155. The van der Waals surface area contributed by atoms with Crippen LogP contribution in [-0.4, -0.2) is 44.7 Å². The highest BCUT2D eigenvalue weighted by molar-refractivity contribution is 5.94. The van der Waals surface area contributed by atoms with E-state index in [2.05, 4.69) is 10.3 Å². The zero-order chi connectivity index (χ0) is 18.6. The summed E-state index contributed by atoms with van der Waals surface area (Å²) in [6.07, 6.45) is 3.12. The van der Waals surface area contributed by atoms with Crippen LogP contribution in [0.2, 0.25) is 0 Å². The van der Waals surface area contributed by atoms with Gasteiger partial charge >= 0.3 is 0 Å². The van der Waals surface area contributed by atoms with Crippen LogP contribution in [0.1, 0.15) is 28.8 Å². The number of rotatable bonds is 5. The fourth-order valence-corrected chi connectivity index (χ4v) is 3.30. The third-order valence-corrected chi connectivity index (χ3v) is 4.94. The number of hydrogen-bond acceptors (Lipinski definition) is 4. The summed E-state index contributed by atoms with van der Waals surface area (Å²) in [7, 11) is 3.76. The number of aromatic nitrogens is 1. The van der Waals surface area contributed by atoms with E-state index in [1.807, 2.05) is 25.1 Å². The molecular weight excluding hydrogens is 333 g/mol. The second kappa shape index (κ2) is 7.83. The maximum Gasteiger partial charge on any atom is 0.251 e. The minimum atomic E-state index is -0.312. The van der Waals surface area contributed by atoms with Crippen LogP contribution in [0, 0.1) is 5.82 Å². The first-order chi connectivity index (χ1) is 12.5. The Hall–Kier alpha value is -2.47. The van der Waals surface area contributed by atoms with Gasteiger partial charge in [0, 0.05) is 51.0 Å². The van der Waals surface area contributed by atoms with E-state index in [1.54, 1.807) is 30.5 Å². The molecule has 1 fully saturated rings. The lowest BCUT2D eigenvalue weighted by Gasteiger charge is -2.38. The smallest absolute Gasteiger partial charge is 0.251 e. The molecule has 2 aromatic rings. The molecule has 1 aromatic carbocycles. The van der Waals surface area contributed by atoms with Crippen LogP contribution in [-0.2, 0) is 10.2 Å². The summed E-state index contributed by atoms with van der Waals surface area (Å²) >= 11 is 0. The van der Waals surface area contributed by atoms with Gasteiger partial charge in [0.15, 0.2) is 0 Å². The zero-order valence-electron chi connectivity index (χ0n) is 15.2. The number of benzene rings is 1. The number of hydrogen-bond donors (Lipinski definition) is 1. The van der Waals surface area contributed by atoms with Crippen molar-refractivity contribution in [3.05, 3.63) is 59.5 Å². The maximum atomic E-state index is 13.7. The molecule has 0 radical (unpaired) electrons. The second-order valence-corrected chi connectivity index (χ2v) is 6.88. The van der Waals surface area contributed by atoms with Crippen LogP contribution in [0.5, 0.6) is 0 Å². The summed E-state index contributed by atoms with van der Waals surface area (Å²) in [5.74, 6) is 0.311. The number of carbonyl (C=O) groups excluding carboxylic acids is 1. The Morgan fingerprint density at radius 2 is 2.04 bits per heavy atom. The van der Waals surface area contributed by atoms with Crippen molar-refractivity contribution in [3.63, 3.8) is 0 Å². The molecule has 0 spiro atoms. The second-order valence-electron chi connectivity index (χ2n) is 6.88. The predicted molar refractivity (Wildman–Crippen MR) is 99.0 cm³/mol. The fraction of sp³-hybridized carbons (Fsp3) is 0.400. The van der Waals surface area contributed by atoms with Crippen molar-refractivity contribution in [2.75, 3.05) is 38.8 Å². The molecule has 0 atom stereocenters. The Balaban J connectivity index is 1.78. The topological polar surface area (TPSA) is 54.5 Å². The Morgan fingerprint density at radius 1 is 1.27 bits per heavy atom. The monoisotopic (exact) mass is 357 g/mol. The number of anilines is 1. The van der Waals surface area contributed by atoms with Crippen molar-refractivity contribution >= 4 is 11.7 Å². The van der Waals surface area contributed by atoms with Gasteiger partial charge in [-0.2, -0.15) is 0 Å². The molecule has 2 heterocycles. The van der Waals surface area contributed by atoms with Crippen molar-refractivity contribution in [1.29, 1.82) is 0 Å². The van der Waals surface area contributed by atoms with Crippen LogP contribution in [0.3, 0.4) is 0 Å². The molecule has 0 unspecified atom stereocenters. The van der Waals surface area contributed by atoms with Gasteiger partial charge in [-0.05, 0) is 42.7 Å². The number of halogens is 1. The largest absolute Gasteiger partial charge is 0.381 e. The minimum Gasteiger partial charge on any atom is -0.381 e. The van der Waals surface area contributed by atoms with Crippen molar-refractivity contribution in [3.8, 4) is 0 Å². The lowest BCUT2D eigenvalue weighted by molar-refractivity contribution is 0.0486. The molecule has 26 heavy (non-hydrogen) atoms. The summed E-state index contributed by atoms with van der Waals surface area (Å²) in [4.78, 5) is 18.7. The summed E-state index contributed by atoms with van der Waals surface area (Å²) in [6, 6.07) is 10.1. The summed E-state index contributed by atoms with van der Waals surface area (Å²) in [5.41, 5.74) is 1.16. The average Bonchev–Trinajstić information content (AvgIpc) is 2.67. The molecule has 3 rings (SSSR count). The van der Waals surface area contributed by atoms with Crippen LogP contribution in [0.25, 0.3) is 0 Å². The van der Waals surface area contributed by atoms with Gasteiger partial charge in [-0.15, -0.1) is 0 Å². The van der Waals surface area contributed by atoms with Gasteiger partial charge in [-0.3, -0.25) is 4.79 Å². The molecule has 6 heteroatoms. The van der Waals surface area contributed by atoms with Crippen molar-refractivity contribution in [2.24, 2.45) is 0 Å². The quantitative estimate of drug-likeness (QED) is 0.894. The Kier molecular flexibility index (Phi) is 5.52. The Morgan fingerprint density at radius 3 is 2.73 bits per heavy atom. The molecule has 1 amide bonds. The number of nitrogens with one attached hydrogen (secondary N) is 1. The molecule has 0 saturated carbocycles. The highest BCUT2D eigenvalue weighted by atomic mass is 19.1. The number of amides is 1. The molecule has 1 aromatic heterocycles. The first-order valence-corrected chi connectivity index (χ1v) is 8.76. The highest BCUT2D eigenvalue weighted by Crippen LogP contribution is 2.34. The molecule has 138 valence electrons. The molecule has 1 N–H and O–H groups in total. The molecule has 5 nitrogen and oxygen atoms in total. The molecule has 1 aliphatic heterocycles. The number of ether oxygens (including phenoxy) is 1. The number of carbonyl (C=O) groups is 1. The van der Waals surface area contributed by atoms with Crippen LogP contribution in [0.15, 0.2) is 42.6 Å². The number of nitrogens with zero attached hydrogens (tertiary/aromatic N) is 2. The van der Waals surface area contributed by atoms with Crippen molar-refractivity contribution in [1.82, 2.24) is 10.3 Å². The van der Waals surface area contributed by atoms with Crippen LogP contribution in [0.4, 0.5) is 10.2 Å². The predicted octanol–water partition coefficient (Wildman–Crippen LogP) is 2.76. The van der Waals surface area contributed by atoms with Crippen LogP contribution >= 0.6 is 0 Å². The van der Waals surface area contributed by atoms with Gasteiger partial charge in [-0.1, -0.05) is 12.1 Å². The Labute approximate surface area is 153 Å². The van der Waals surface area contributed by atoms with E-state index in [0.29, 0.717) is 25.3 Å². The van der Waals surface area contributed by atoms with Gasteiger partial charge in [0.05, 0.1) is 0 Å². The molecule has 1 saturated heterocycles. The van der Waals surface area contributed by atoms with E-state index in [1.165, 1.54) is 6.07 Å². The third kappa shape index (κ3) is 4.02. The van der Waals surface area contributed by atoms with E-state index in [4.69, 9.17) is 4.74 Å². The van der Waals surface area contributed by atoms with Gasteiger partial charge in [-0.25, -0.2) is 9.37 Å². The summed E-state index contributed by atoms with van der Waals surface area (Å²) < 4.78 is 19.2. The van der Waals surface area contributed by atoms with Gasteiger partial charge in [0.1, 0.15) is 11.6 Å². The van der Waals surface area contributed by atoms with Gasteiger partial charge in [0.25, 0.3) is 5.91 Å². The lowest BCUT2D eigenvalue weighted by atomic mass is 9.74. The number of pyridine rings is 1. The first-order valence-electron chi connectivity index (χ1n) is 8.76. The van der Waals surface area contributed by atoms with E-state index in [9.17, 15) is 9.18 Å². The van der Waals surface area contributed by atoms with E-state index < -0.39 is 0 Å². The average molecular weight is 357 g/mol. The molecule has 1 aliphatic rings. The van der Waals surface area contributed by atoms with E-state index in [0.717, 1.165) is 24.2 Å². The summed E-state index contributed by atoms with van der Waals surface area (Å²) in [6.45, 7) is 1.65. The summed E-state index contributed by atoms with van der Waals surface area (Å²) in [5, 5.41) is 3.03. The van der Waals surface area contributed by atoms with E-state index in [-0.39, 0.29) is 17.1 Å². The van der Waals surface area contributed by atoms with Crippen LogP contribution < -0.4 is 10.2 Å². The molecule has 0 bridgehead atoms. The molecule has 0 aliphatic carbocycles. The Bertz CT molecular complexity index is 773. The fourth-order valence-electron chi connectivity index (χ4n) is 3.30. The van der Waals surface area contributed by atoms with Gasteiger partial charge in [0.2, 0.25) is 0 Å². The third-order valence-electron chi connectivity index (χ3n) is 4.94. The lowest BCUT2D eigenvalue weighted by Crippen LogP contribution is -2.44. The van der Waals surface area contributed by atoms with Gasteiger partial charge < -0.3 is 15.0 Å². The maximum absolute atomic E-state index is 13.7. The normalized spacial score (nSPS) is 16.1. The standard InChI is InChI=1S/C20H24FN3O2/c1-24(2)18-12-15(6-9-22-18)19(25)23-14-20(7-10-26-11-8-20)16-4-3-5-17(21)13-16/h3-6,9,12-13H,7-8,10-11,14H2,1-2H3,(H,23,25). The highest BCUT2D eigenvalue weighted by Gasteiger charge is 2.35. The van der Waals surface area contributed by atoms with Crippen molar-refractivity contribution < 1.29 is 13.9 Å².